The summed E-state index contributed by atoms with van der Waals surface area (Å²) in [6.45, 7) is 1.71. The first-order valence-electron chi connectivity index (χ1n) is 8.45. The van der Waals surface area contributed by atoms with Crippen molar-refractivity contribution >= 4 is 15.9 Å². The largest absolute Gasteiger partial charge is 0.351 e. The highest BCUT2D eigenvalue weighted by molar-refractivity contribution is 7.88. The summed E-state index contributed by atoms with van der Waals surface area (Å²) in [4.78, 5) is 14.4. The van der Waals surface area contributed by atoms with Gasteiger partial charge in [-0.15, -0.1) is 0 Å². The molecule has 0 radical (unpaired) electrons. The first-order valence-corrected chi connectivity index (χ1v) is 10.3. The molecule has 1 fully saturated rings. The molecule has 6 nitrogen and oxygen atoms in total. The second kappa shape index (κ2) is 7.21. The first-order chi connectivity index (χ1) is 11.4. The highest BCUT2D eigenvalue weighted by atomic mass is 32.2. The van der Waals surface area contributed by atoms with Gasteiger partial charge < -0.3 is 5.32 Å². The van der Waals surface area contributed by atoms with E-state index in [1.54, 1.807) is 0 Å². The van der Waals surface area contributed by atoms with Crippen molar-refractivity contribution in [3.05, 3.63) is 35.4 Å². The molecule has 1 aliphatic carbocycles. The van der Waals surface area contributed by atoms with Gasteiger partial charge in [-0.1, -0.05) is 24.3 Å². The van der Waals surface area contributed by atoms with Crippen LogP contribution in [-0.4, -0.2) is 57.2 Å². The van der Waals surface area contributed by atoms with Gasteiger partial charge >= 0.3 is 0 Å². The highest BCUT2D eigenvalue weighted by Crippen LogP contribution is 2.27. The minimum atomic E-state index is -3.34. The second-order valence-electron chi connectivity index (χ2n) is 6.83. The molecule has 3 rings (SSSR count). The van der Waals surface area contributed by atoms with Crippen LogP contribution in [0, 0.1) is 0 Å². The van der Waals surface area contributed by atoms with E-state index >= 15 is 0 Å². The van der Waals surface area contributed by atoms with Gasteiger partial charge in [-0.05, 0) is 43.4 Å². The Labute approximate surface area is 143 Å². The average molecular weight is 351 g/mol. The molecule has 24 heavy (non-hydrogen) atoms. The maximum Gasteiger partial charge on any atom is 0.235 e. The van der Waals surface area contributed by atoms with E-state index in [-0.39, 0.29) is 18.5 Å². The summed E-state index contributed by atoms with van der Waals surface area (Å²) in [6.07, 6.45) is 5.21. The van der Waals surface area contributed by atoms with Crippen molar-refractivity contribution in [3.8, 4) is 0 Å². The van der Waals surface area contributed by atoms with Gasteiger partial charge in [0.05, 0.1) is 12.8 Å². The molecule has 0 saturated carbocycles. The Morgan fingerprint density at radius 2 is 1.92 bits per heavy atom. The summed E-state index contributed by atoms with van der Waals surface area (Å²) in [7, 11) is -3.34. The van der Waals surface area contributed by atoms with Crippen LogP contribution in [0.2, 0.25) is 0 Å². The van der Waals surface area contributed by atoms with Crippen molar-refractivity contribution in [2.75, 3.05) is 25.9 Å². The number of hydrogen-bond donors (Lipinski definition) is 2. The fraction of sp³-hybridized carbons (Fsp3) is 0.588. The molecule has 1 atom stereocenters. The van der Waals surface area contributed by atoms with Gasteiger partial charge in [-0.25, -0.2) is 13.1 Å². The average Bonchev–Trinajstić information content (AvgIpc) is 2.97. The second-order valence-corrected chi connectivity index (χ2v) is 8.66. The first kappa shape index (κ1) is 17.4. The van der Waals surface area contributed by atoms with E-state index in [9.17, 15) is 13.2 Å². The molecule has 0 aromatic heterocycles. The number of hydrogen-bond acceptors (Lipinski definition) is 4. The number of carbonyl (C=O) groups excluding carboxylic acids is 1. The van der Waals surface area contributed by atoms with Gasteiger partial charge in [0.15, 0.2) is 0 Å². The lowest BCUT2D eigenvalue weighted by molar-refractivity contribution is -0.121. The van der Waals surface area contributed by atoms with Gasteiger partial charge in [0.25, 0.3) is 0 Å². The van der Waals surface area contributed by atoms with Crippen LogP contribution in [0.4, 0.5) is 0 Å². The van der Waals surface area contributed by atoms with E-state index in [1.807, 2.05) is 0 Å². The minimum absolute atomic E-state index is 0.0938. The monoisotopic (exact) mass is 351 g/mol. The third-order valence-corrected chi connectivity index (χ3v) is 5.53. The smallest absolute Gasteiger partial charge is 0.235 e. The minimum Gasteiger partial charge on any atom is -0.351 e. The summed E-state index contributed by atoms with van der Waals surface area (Å²) in [5.41, 5.74) is 2.87. The normalized spacial score (nSPS) is 22.3. The number of piperidine rings is 1. The lowest BCUT2D eigenvalue weighted by Gasteiger charge is -2.37. The predicted octanol–water partition coefficient (Wildman–Crippen LogP) is 0.284. The van der Waals surface area contributed by atoms with Crippen molar-refractivity contribution in [2.24, 2.45) is 0 Å². The summed E-state index contributed by atoms with van der Waals surface area (Å²) in [6, 6.07) is 9.20. The quantitative estimate of drug-likeness (QED) is 0.799. The van der Waals surface area contributed by atoms with E-state index in [1.165, 1.54) is 11.1 Å². The van der Waals surface area contributed by atoms with Crippen LogP contribution in [-0.2, 0) is 27.7 Å². The summed E-state index contributed by atoms with van der Waals surface area (Å²) in [5.74, 6) is -0.262. The maximum absolute atomic E-state index is 11.9. The number of nitrogens with one attached hydrogen (secondary N) is 2. The van der Waals surface area contributed by atoms with Gasteiger partial charge in [0.1, 0.15) is 0 Å². The number of carbonyl (C=O) groups is 1. The molecule has 132 valence electrons. The molecule has 1 amide bonds. The lowest BCUT2D eigenvalue weighted by Crippen LogP contribution is -2.52. The molecule has 0 unspecified atom stereocenters. The number of nitrogens with zero attached hydrogens (tertiary/aromatic N) is 1. The standard InChI is InChI=1S/C17H25N3O3S/c1-24(22,23)18-11-17(21)19-15-7-4-8-20(12-15)16-9-13-5-2-3-6-14(13)10-16/h2-3,5-6,15-16,18H,4,7-12H2,1H3,(H,19,21)/t15-/m0/s1. The maximum atomic E-state index is 11.9. The van der Waals surface area contributed by atoms with E-state index in [0.717, 1.165) is 45.0 Å². The summed E-state index contributed by atoms with van der Waals surface area (Å²) < 4.78 is 24.4. The molecule has 1 saturated heterocycles. The van der Waals surface area contributed by atoms with Crippen LogP contribution in [0.15, 0.2) is 24.3 Å². The molecule has 0 bridgehead atoms. The van der Waals surface area contributed by atoms with Crippen LogP contribution >= 0.6 is 0 Å². The van der Waals surface area contributed by atoms with Crippen LogP contribution < -0.4 is 10.0 Å². The summed E-state index contributed by atoms with van der Waals surface area (Å²) in [5, 5.41) is 2.96. The van der Waals surface area contributed by atoms with Crippen molar-refractivity contribution in [1.29, 1.82) is 0 Å². The van der Waals surface area contributed by atoms with Crippen molar-refractivity contribution in [2.45, 2.75) is 37.8 Å². The van der Waals surface area contributed by atoms with Gasteiger partial charge in [0.2, 0.25) is 15.9 Å². The number of sulfonamides is 1. The van der Waals surface area contributed by atoms with Crippen LogP contribution in [0.1, 0.15) is 24.0 Å². The molecular weight excluding hydrogens is 326 g/mol. The number of likely N-dealkylation sites (tertiary alicyclic amines) is 1. The molecule has 1 aliphatic heterocycles. The number of benzene rings is 1. The third-order valence-electron chi connectivity index (χ3n) is 4.86. The van der Waals surface area contributed by atoms with Gasteiger partial charge in [-0.2, -0.15) is 0 Å². The number of fused-ring (bicyclic) bond motifs is 1. The molecule has 1 heterocycles. The molecular formula is C17H25N3O3S. The van der Waals surface area contributed by atoms with E-state index in [4.69, 9.17) is 0 Å². The molecule has 7 heteroatoms. The van der Waals surface area contributed by atoms with Crippen molar-refractivity contribution in [3.63, 3.8) is 0 Å². The topological polar surface area (TPSA) is 78.5 Å². The predicted molar refractivity (Wildman–Crippen MR) is 93.2 cm³/mol. The molecule has 0 spiro atoms. The molecule has 1 aromatic carbocycles. The fourth-order valence-electron chi connectivity index (χ4n) is 3.73. The zero-order chi connectivity index (χ0) is 17.2. The van der Waals surface area contributed by atoms with Gasteiger partial charge in [0, 0.05) is 18.6 Å². The van der Waals surface area contributed by atoms with Gasteiger partial charge in [-0.3, -0.25) is 9.69 Å². The highest BCUT2D eigenvalue weighted by Gasteiger charge is 2.30. The van der Waals surface area contributed by atoms with Crippen molar-refractivity contribution in [1.82, 2.24) is 14.9 Å². The van der Waals surface area contributed by atoms with Crippen LogP contribution in [0.3, 0.4) is 0 Å². The van der Waals surface area contributed by atoms with Crippen LogP contribution in [0.25, 0.3) is 0 Å². The SMILES string of the molecule is CS(=O)(=O)NCC(=O)N[C@H]1CCCN(C2Cc3ccccc3C2)C1. The Morgan fingerprint density at radius 3 is 2.54 bits per heavy atom. The zero-order valence-corrected chi connectivity index (χ0v) is 14.8. The zero-order valence-electron chi connectivity index (χ0n) is 14.0. The molecule has 2 N–H and O–H groups in total. The molecule has 1 aromatic rings. The van der Waals surface area contributed by atoms with Crippen LogP contribution in [0.5, 0.6) is 0 Å². The van der Waals surface area contributed by atoms with E-state index in [2.05, 4.69) is 39.2 Å². The Hall–Kier alpha value is -1.44. The Morgan fingerprint density at radius 1 is 1.25 bits per heavy atom. The number of rotatable bonds is 5. The fourth-order valence-corrected chi connectivity index (χ4v) is 4.12. The third kappa shape index (κ3) is 4.55. The van der Waals surface area contributed by atoms with E-state index < -0.39 is 10.0 Å². The molecule has 2 aliphatic rings. The van der Waals surface area contributed by atoms with E-state index in [0.29, 0.717) is 6.04 Å². The lowest BCUT2D eigenvalue weighted by atomic mass is 10.0. The Balaban J connectivity index is 1.51. The Kier molecular flexibility index (Phi) is 5.22. The van der Waals surface area contributed by atoms with Crippen molar-refractivity contribution < 1.29 is 13.2 Å². The number of amides is 1. The summed E-state index contributed by atoms with van der Waals surface area (Å²) >= 11 is 0. The Bertz CT molecular complexity index is 680.